The van der Waals surface area contributed by atoms with Crippen LogP contribution in [0.3, 0.4) is 0 Å². The number of carboxylic acid groups (broad SMARTS) is 1. The van der Waals surface area contributed by atoms with E-state index >= 15 is 0 Å². The molecule has 0 saturated carbocycles. The molecule has 1 unspecified atom stereocenters. The Kier molecular flexibility index (Phi) is 13.1. The van der Waals surface area contributed by atoms with E-state index in [2.05, 4.69) is 5.32 Å². The maximum atomic E-state index is 13.4. The molecule has 2 aliphatic heterocycles. The van der Waals surface area contributed by atoms with Gasteiger partial charge in [0.2, 0.25) is 0 Å². The number of rotatable bonds is 6. The number of aromatic nitrogens is 2. The molecule has 0 saturated heterocycles. The molecule has 12 nitrogen and oxygen atoms in total. The van der Waals surface area contributed by atoms with Gasteiger partial charge in [0.05, 0.1) is 29.8 Å². The smallest absolute Gasteiger partial charge is 0.290 e. The van der Waals surface area contributed by atoms with Gasteiger partial charge in [-0.05, 0) is 93.0 Å². The van der Waals surface area contributed by atoms with Gasteiger partial charge in [-0.2, -0.15) is 0 Å². The quantitative estimate of drug-likeness (QED) is 0.199. The molecule has 4 aromatic carbocycles. The first-order valence-electron chi connectivity index (χ1n) is 18.7. The highest BCUT2D eigenvalue weighted by molar-refractivity contribution is 7.90. The van der Waals surface area contributed by atoms with Gasteiger partial charge in [-0.1, -0.05) is 36.4 Å². The van der Waals surface area contributed by atoms with E-state index in [1.54, 1.807) is 69.0 Å². The first kappa shape index (κ1) is 44.2. The molecule has 2 aliphatic rings. The van der Waals surface area contributed by atoms with Crippen molar-refractivity contribution in [3.63, 3.8) is 0 Å². The lowest BCUT2D eigenvalue weighted by atomic mass is 9.90. The topological polar surface area (TPSA) is 174 Å². The van der Waals surface area contributed by atoms with Gasteiger partial charge < -0.3 is 19.6 Å². The molecule has 0 bridgehead atoms. The van der Waals surface area contributed by atoms with E-state index in [1.807, 2.05) is 30.3 Å². The zero-order valence-corrected chi connectivity index (χ0v) is 35.2. The van der Waals surface area contributed by atoms with Crippen molar-refractivity contribution < 1.29 is 35.5 Å². The van der Waals surface area contributed by atoms with Gasteiger partial charge >= 0.3 is 0 Å². The largest absolute Gasteiger partial charge is 0.483 e. The molecular formula is C45H42F2N4O8S2. The van der Waals surface area contributed by atoms with Crippen molar-refractivity contribution in [2.75, 3.05) is 12.5 Å². The van der Waals surface area contributed by atoms with Crippen LogP contribution in [0, 0.1) is 11.6 Å². The van der Waals surface area contributed by atoms with E-state index in [9.17, 15) is 35.2 Å². The predicted molar refractivity (Wildman–Crippen MR) is 231 cm³/mol. The summed E-state index contributed by atoms with van der Waals surface area (Å²) in [4.78, 5) is 37.4. The summed E-state index contributed by atoms with van der Waals surface area (Å²) in [5.41, 5.74) is 10.2. The number of fused-ring (bicyclic) bond motifs is 6. The molecule has 4 heterocycles. The number of sulfone groups is 2. The second-order valence-corrected chi connectivity index (χ2v) is 19.2. The molecule has 316 valence electrons. The number of hydrogen-bond donors (Lipinski definition) is 2. The molecule has 61 heavy (non-hydrogen) atoms. The average Bonchev–Trinajstić information content (AvgIpc) is 3.43. The molecule has 6 aromatic rings. The first-order valence-corrected chi connectivity index (χ1v) is 22.8. The fraction of sp³-hybridized carbons (Fsp3) is 0.200. The van der Waals surface area contributed by atoms with E-state index in [4.69, 9.17) is 14.9 Å². The van der Waals surface area contributed by atoms with E-state index in [0.29, 0.717) is 29.9 Å². The zero-order chi connectivity index (χ0) is 44.2. The Balaban J connectivity index is 0.000000192. The number of pyridine rings is 2. The third-order valence-electron chi connectivity index (χ3n) is 10.1. The molecule has 0 fully saturated rings. The number of nitrogens with one attached hydrogen (secondary N) is 1. The van der Waals surface area contributed by atoms with Crippen molar-refractivity contribution in [3.05, 3.63) is 186 Å². The van der Waals surface area contributed by atoms with E-state index in [1.165, 1.54) is 45.9 Å². The summed E-state index contributed by atoms with van der Waals surface area (Å²) in [5, 5.41) is 10.3. The third kappa shape index (κ3) is 10.7. The molecule has 0 radical (unpaired) electrons. The SMILES string of the molecule is Cn1cc2c(cc1=O)CN=C(c1ccc(F)cc1)c1ccc(CS(C)(=O)=O)cc1-2.Cn1cc2c(cc1=O)CNC(c1ccc(F)cc1)c1ccc(CS(C)(=O)=O)cc1-2.O=CO. The average molecular weight is 869 g/mol. The number of nitrogens with zero attached hydrogens (tertiary/aromatic N) is 3. The minimum Gasteiger partial charge on any atom is -0.483 e. The van der Waals surface area contributed by atoms with Gasteiger partial charge in [0.15, 0.2) is 19.7 Å². The van der Waals surface area contributed by atoms with E-state index < -0.39 is 19.7 Å². The Bertz CT molecular complexity index is 3010. The van der Waals surface area contributed by atoms with Crippen molar-refractivity contribution >= 4 is 31.9 Å². The number of hydrogen-bond acceptors (Lipinski definition) is 9. The van der Waals surface area contributed by atoms with Crippen LogP contribution in [0.5, 0.6) is 0 Å². The number of halogens is 2. The summed E-state index contributed by atoms with van der Waals surface area (Å²) in [5.74, 6) is -0.782. The van der Waals surface area contributed by atoms with Gasteiger partial charge in [-0.25, -0.2) is 25.6 Å². The Labute approximate surface area is 351 Å². The first-order chi connectivity index (χ1) is 28.8. The Morgan fingerprint density at radius 2 is 1.18 bits per heavy atom. The minimum atomic E-state index is -3.20. The molecule has 0 spiro atoms. The standard InChI is InChI=1S/C22H21FN2O3S.C22H19FN2O3S.CH2O2/c2*1-25-12-20-16(10-21(25)26)11-24-22(15-4-6-17(23)7-5-15)18-8-3-14(9-19(18)20)13-29(2,27)28;2-1-3/h3-10,12,22,24H,11,13H2,1-2H3;3-10,12H,11,13H2,1-2H3;1H,(H,2,3). The van der Waals surface area contributed by atoms with Crippen LogP contribution in [-0.4, -0.2) is 55.8 Å². The van der Waals surface area contributed by atoms with Crippen molar-refractivity contribution in [1.82, 2.24) is 14.5 Å². The van der Waals surface area contributed by atoms with Gasteiger partial charge in [-0.15, -0.1) is 0 Å². The Hall–Kier alpha value is -6.36. The van der Waals surface area contributed by atoms with Crippen LogP contribution in [0.2, 0.25) is 0 Å². The second-order valence-electron chi connectivity index (χ2n) is 14.9. The molecule has 2 N–H and O–H groups in total. The van der Waals surface area contributed by atoms with Crippen LogP contribution >= 0.6 is 0 Å². The highest BCUT2D eigenvalue weighted by Gasteiger charge is 2.25. The van der Waals surface area contributed by atoms with Crippen LogP contribution in [0.25, 0.3) is 22.3 Å². The highest BCUT2D eigenvalue weighted by Crippen LogP contribution is 2.38. The normalized spacial score (nSPS) is 14.1. The second kappa shape index (κ2) is 18.1. The van der Waals surface area contributed by atoms with Crippen molar-refractivity contribution in [2.24, 2.45) is 19.1 Å². The van der Waals surface area contributed by atoms with Gasteiger partial charge in [0.25, 0.3) is 17.6 Å². The summed E-state index contributed by atoms with van der Waals surface area (Å²) < 4.78 is 77.1. The van der Waals surface area contributed by atoms with E-state index in [-0.39, 0.29) is 46.8 Å². The zero-order valence-electron chi connectivity index (χ0n) is 33.6. The Morgan fingerprint density at radius 1 is 0.689 bits per heavy atom. The van der Waals surface area contributed by atoms with Crippen LogP contribution in [-0.2, 0) is 63.2 Å². The van der Waals surface area contributed by atoms with Gasteiger partial charge in [0.1, 0.15) is 11.6 Å². The summed E-state index contributed by atoms with van der Waals surface area (Å²) >= 11 is 0. The minimum absolute atomic E-state index is 0.0595. The van der Waals surface area contributed by atoms with Crippen molar-refractivity contribution in [3.8, 4) is 22.3 Å². The molecule has 1 atom stereocenters. The predicted octanol–water partition coefficient (Wildman–Crippen LogP) is 5.72. The summed E-state index contributed by atoms with van der Waals surface area (Å²) in [7, 11) is -3.02. The van der Waals surface area contributed by atoms with Crippen molar-refractivity contribution in [2.45, 2.75) is 30.6 Å². The van der Waals surface area contributed by atoms with Crippen LogP contribution in [0.1, 0.15) is 50.5 Å². The number of carbonyl (C=O) groups is 1. The monoisotopic (exact) mass is 868 g/mol. The maximum absolute atomic E-state index is 13.4. The number of aliphatic imine (C=N–C) groups is 1. The fourth-order valence-electron chi connectivity index (χ4n) is 7.37. The lowest BCUT2D eigenvalue weighted by molar-refractivity contribution is -0.122. The molecule has 0 aliphatic carbocycles. The van der Waals surface area contributed by atoms with Crippen LogP contribution < -0.4 is 16.4 Å². The number of aryl methyl sites for hydroxylation is 2. The third-order valence-corrected chi connectivity index (χ3v) is 11.8. The molecular weight excluding hydrogens is 827 g/mol. The fourth-order valence-corrected chi connectivity index (χ4v) is 8.94. The number of benzene rings is 4. The maximum Gasteiger partial charge on any atom is 0.290 e. The van der Waals surface area contributed by atoms with Gasteiger partial charge in [0, 0.05) is 79.9 Å². The summed E-state index contributed by atoms with van der Waals surface area (Å²) in [6.07, 6.45) is 5.94. The lowest BCUT2D eigenvalue weighted by Gasteiger charge is -2.20. The summed E-state index contributed by atoms with van der Waals surface area (Å²) in [6, 6.07) is 26.4. The summed E-state index contributed by atoms with van der Waals surface area (Å²) in [6.45, 7) is 0.512. The molecule has 8 rings (SSSR count). The van der Waals surface area contributed by atoms with Crippen LogP contribution in [0.15, 0.2) is 124 Å². The van der Waals surface area contributed by atoms with E-state index in [0.717, 1.165) is 55.6 Å². The van der Waals surface area contributed by atoms with Gasteiger partial charge in [-0.3, -0.25) is 19.4 Å². The lowest BCUT2D eigenvalue weighted by Crippen LogP contribution is -2.22. The molecule has 16 heteroatoms. The Morgan fingerprint density at radius 3 is 1.74 bits per heavy atom. The molecule has 2 aromatic heterocycles. The van der Waals surface area contributed by atoms with Crippen LogP contribution in [0.4, 0.5) is 8.78 Å². The molecule has 0 amide bonds. The highest BCUT2D eigenvalue weighted by atomic mass is 32.2. The van der Waals surface area contributed by atoms with Crippen molar-refractivity contribution in [1.29, 1.82) is 0 Å².